The lowest BCUT2D eigenvalue weighted by Crippen LogP contribution is -2.47. The van der Waals surface area contributed by atoms with E-state index in [9.17, 15) is 5.11 Å². The van der Waals surface area contributed by atoms with Crippen LogP contribution in [0.2, 0.25) is 0 Å². The van der Waals surface area contributed by atoms with Crippen molar-refractivity contribution in [3.8, 4) is 0 Å². The Morgan fingerprint density at radius 3 is 2.68 bits per heavy atom. The average molecular weight is 286 g/mol. The van der Waals surface area contributed by atoms with Crippen molar-refractivity contribution in [1.29, 1.82) is 0 Å². The summed E-state index contributed by atoms with van der Waals surface area (Å²) in [7, 11) is 0. The summed E-state index contributed by atoms with van der Waals surface area (Å²) in [5.41, 5.74) is 0.0688. The van der Waals surface area contributed by atoms with Gasteiger partial charge in [0.2, 0.25) is 0 Å². The van der Waals surface area contributed by atoms with E-state index in [0.717, 1.165) is 45.1 Å². The maximum atomic E-state index is 10.6. The zero-order valence-electron chi connectivity index (χ0n) is 11.8. The molecule has 0 saturated carbocycles. The number of ether oxygens (including phenoxy) is 2. The van der Waals surface area contributed by atoms with Crippen molar-refractivity contribution in [2.45, 2.75) is 69.4 Å². The molecule has 3 nitrogen and oxygen atoms in total. The van der Waals surface area contributed by atoms with E-state index < -0.39 is 0 Å². The summed E-state index contributed by atoms with van der Waals surface area (Å²) >= 11 is 2.03. The van der Waals surface area contributed by atoms with E-state index in [-0.39, 0.29) is 17.8 Å². The molecule has 0 bridgehead atoms. The van der Waals surface area contributed by atoms with Gasteiger partial charge in [0, 0.05) is 6.61 Å². The second-order valence-corrected chi connectivity index (χ2v) is 7.67. The van der Waals surface area contributed by atoms with Gasteiger partial charge in [0.15, 0.2) is 0 Å². The molecule has 3 aliphatic rings. The summed E-state index contributed by atoms with van der Waals surface area (Å²) in [6.07, 6.45) is 6.53. The third-order valence-electron chi connectivity index (χ3n) is 5.06. The van der Waals surface area contributed by atoms with Gasteiger partial charge < -0.3 is 14.6 Å². The molecule has 3 saturated heterocycles. The molecular formula is C15H26O3S. The van der Waals surface area contributed by atoms with E-state index in [4.69, 9.17) is 9.47 Å². The zero-order chi connectivity index (χ0) is 13.3. The van der Waals surface area contributed by atoms with Crippen molar-refractivity contribution >= 4 is 11.8 Å². The van der Waals surface area contributed by atoms with E-state index >= 15 is 0 Å². The molecule has 4 unspecified atom stereocenters. The van der Waals surface area contributed by atoms with Crippen molar-refractivity contribution in [3.63, 3.8) is 0 Å². The first-order valence-electron chi connectivity index (χ1n) is 7.74. The summed E-state index contributed by atoms with van der Waals surface area (Å²) in [6.45, 7) is 2.92. The Morgan fingerprint density at radius 1 is 1.21 bits per heavy atom. The first-order chi connectivity index (χ1) is 9.19. The summed E-state index contributed by atoms with van der Waals surface area (Å²) in [5, 5.41) is 10.6. The van der Waals surface area contributed by atoms with E-state index in [2.05, 4.69) is 6.92 Å². The van der Waals surface area contributed by atoms with Crippen LogP contribution in [0.25, 0.3) is 0 Å². The van der Waals surface area contributed by atoms with Gasteiger partial charge in [-0.05, 0) is 62.9 Å². The van der Waals surface area contributed by atoms with Crippen molar-refractivity contribution in [1.82, 2.24) is 0 Å². The fourth-order valence-electron chi connectivity index (χ4n) is 3.84. The van der Waals surface area contributed by atoms with Crippen LogP contribution >= 0.6 is 11.8 Å². The Labute approximate surface area is 120 Å². The summed E-state index contributed by atoms with van der Waals surface area (Å²) < 4.78 is 12.0. The van der Waals surface area contributed by atoms with Gasteiger partial charge in [-0.2, -0.15) is 11.8 Å². The minimum absolute atomic E-state index is 0.0631. The number of thioether (sulfide) groups is 1. The highest BCUT2D eigenvalue weighted by atomic mass is 32.2. The molecule has 1 spiro atoms. The normalized spacial score (nSPS) is 40.4. The Bertz CT molecular complexity index is 298. The summed E-state index contributed by atoms with van der Waals surface area (Å²) in [4.78, 5) is 0. The Kier molecular flexibility index (Phi) is 4.42. The topological polar surface area (TPSA) is 38.7 Å². The molecule has 4 atom stereocenters. The molecule has 0 amide bonds. The molecule has 0 aromatic rings. The first-order valence-corrected chi connectivity index (χ1v) is 8.89. The van der Waals surface area contributed by atoms with Gasteiger partial charge in [0.05, 0.1) is 23.9 Å². The molecule has 0 aliphatic carbocycles. The maximum absolute atomic E-state index is 10.6. The van der Waals surface area contributed by atoms with Gasteiger partial charge in [0.1, 0.15) is 0 Å². The van der Waals surface area contributed by atoms with Crippen molar-refractivity contribution < 1.29 is 14.6 Å². The number of hydrogen-bond acceptors (Lipinski definition) is 4. The fraction of sp³-hybridized carbons (Fsp3) is 1.00. The third kappa shape index (κ3) is 3.12. The number of hydrogen-bond donors (Lipinski definition) is 1. The molecule has 19 heavy (non-hydrogen) atoms. The van der Waals surface area contributed by atoms with E-state index in [1.54, 1.807) is 0 Å². The molecule has 0 aromatic heterocycles. The molecule has 3 rings (SSSR count). The standard InChI is InChI=1S/C15H26O3S/c1-11-2-3-13(18-11)14(16)12-4-7-17-15(10-12)5-8-19-9-6-15/h11-14,16H,2-10H2,1H3. The average Bonchev–Trinajstić information content (AvgIpc) is 2.85. The van der Waals surface area contributed by atoms with Crippen LogP contribution < -0.4 is 0 Å². The molecule has 1 N–H and O–H groups in total. The molecule has 110 valence electrons. The van der Waals surface area contributed by atoms with E-state index in [0.29, 0.717) is 12.0 Å². The number of aliphatic hydroxyl groups excluding tert-OH is 1. The maximum Gasteiger partial charge on any atom is 0.0841 e. The molecule has 3 aliphatic heterocycles. The second-order valence-electron chi connectivity index (χ2n) is 6.45. The van der Waals surface area contributed by atoms with Crippen molar-refractivity contribution in [2.75, 3.05) is 18.1 Å². The van der Waals surface area contributed by atoms with Crippen LogP contribution in [0.15, 0.2) is 0 Å². The van der Waals surface area contributed by atoms with Crippen LogP contribution in [0.3, 0.4) is 0 Å². The largest absolute Gasteiger partial charge is 0.390 e. The van der Waals surface area contributed by atoms with Crippen molar-refractivity contribution in [3.05, 3.63) is 0 Å². The number of rotatable bonds is 2. The highest BCUT2D eigenvalue weighted by Crippen LogP contribution is 2.42. The highest BCUT2D eigenvalue weighted by molar-refractivity contribution is 7.99. The van der Waals surface area contributed by atoms with Gasteiger partial charge in [-0.15, -0.1) is 0 Å². The van der Waals surface area contributed by atoms with Crippen LogP contribution in [-0.2, 0) is 9.47 Å². The molecule has 3 heterocycles. The SMILES string of the molecule is CC1CCC(C(O)C2CCOC3(CCSCC3)C2)O1. The van der Waals surface area contributed by atoms with Gasteiger partial charge in [-0.1, -0.05) is 0 Å². The lowest BCUT2D eigenvalue weighted by molar-refractivity contribution is -0.139. The molecule has 4 heteroatoms. The lowest BCUT2D eigenvalue weighted by atomic mass is 9.78. The van der Waals surface area contributed by atoms with Crippen LogP contribution in [0.1, 0.15) is 45.4 Å². The number of aliphatic hydroxyl groups is 1. The predicted molar refractivity (Wildman–Crippen MR) is 77.5 cm³/mol. The van der Waals surface area contributed by atoms with Crippen molar-refractivity contribution in [2.24, 2.45) is 5.92 Å². The van der Waals surface area contributed by atoms with Crippen LogP contribution in [-0.4, -0.2) is 47.1 Å². The third-order valence-corrected chi connectivity index (χ3v) is 6.05. The molecule has 3 fully saturated rings. The molecule has 0 radical (unpaired) electrons. The Hall–Kier alpha value is 0.230. The van der Waals surface area contributed by atoms with Crippen LogP contribution in [0.4, 0.5) is 0 Å². The molecular weight excluding hydrogens is 260 g/mol. The van der Waals surface area contributed by atoms with Gasteiger partial charge in [-0.25, -0.2) is 0 Å². The first kappa shape index (κ1) is 14.2. The van der Waals surface area contributed by atoms with Gasteiger partial charge >= 0.3 is 0 Å². The minimum atomic E-state index is -0.291. The molecule has 0 aromatic carbocycles. The smallest absolute Gasteiger partial charge is 0.0841 e. The van der Waals surface area contributed by atoms with Crippen LogP contribution in [0, 0.1) is 5.92 Å². The van der Waals surface area contributed by atoms with Gasteiger partial charge in [0.25, 0.3) is 0 Å². The van der Waals surface area contributed by atoms with E-state index in [1.165, 1.54) is 11.5 Å². The Morgan fingerprint density at radius 2 is 2.00 bits per heavy atom. The Balaban J connectivity index is 1.61. The van der Waals surface area contributed by atoms with Crippen LogP contribution in [0.5, 0.6) is 0 Å². The predicted octanol–water partition coefficient (Wildman–Crippen LogP) is 2.61. The fourth-order valence-corrected chi connectivity index (χ4v) is 5.07. The monoisotopic (exact) mass is 286 g/mol. The zero-order valence-corrected chi connectivity index (χ0v) is 12.7. The summed E-state index contributed by atoms with van der Waals surface area (Å²) in [6, 6.07) is 0. The summed E-state index contributed by atoms with van der Waals surface area (Å²) in [5.74, 6) is 2.78. The quantitative estimate of drug-likeness (QED) is 0.847. The highest BCUT2D eigenvalue weighted by Gasteiger charge is 2.43. The van der Waals surface area contributed by atoms with Gasteiger partial charge in [-0.3, -0.25) is 0 Å². The lowest BCUT2D eigenvalue weighted by Gasteiger charge is -2.45. The second kappa shape index (κ2) is 5.92. The van der Waals surface area contributed by atoms with E-state index in [1.807, 2.05) is 11.8 Å². The minimum Gasteiger partial charge on any atom is -0.390 e.